The van der Waals surface area contributed by atoms with Crippen LogP contribution in [0.2, 0.25) is 0 Å². The summed E-state index contributed by atoms with van der Waals surface area (Å²) in [6.07, 6.45) is 5.92. The lowest BCUT2D eigenvalue weighted by Crippen LogP contribution is -2.57. The zero-order chi connectivity index (χ0) is 8.79. The molecule has 0 aromatic carbocycles. The second kappa shape index (κ2) is 1.67. The van der Waals surface area contributed by atoms with E-state index < -0.39 is 0 Å². The zero-order valence-corrected chi connectivity index (χ0v) is 8.05. The maximum absolute atomic E-state index is 4.25. The molecule has 0 aliphatic heterocycles. The lowest BCUT2D eigenvalue weighted by Gasteiger charge is -2.62. The summed E-state index contributed by atoms with van der Waals surface area (Å²) in [5.74, 6) is 3.88. The molecular weight excluding hydrogens is 156 g/mol. The topological polar surface area (TPSA) is 0 Å². The molecule has 4 unspecified atom stereocenters. The summed E-state index contributed by atoms with van der Waals surface area (Å²) >= 11 is 0. The molecule has 0 aromatic heterocycles. The summed E-state index contributed by atoms with van der Waals surface area (Å²) in [6, 6.07) is 0. The molecule has 4 saturated carbocycles. The molecule has 0 nitrogen and oxygen atoms in total. The predicted octanol–water partition coefficient (Wildman–Crippen LogP) is 3.16. The third-order valence-corrected chi connectivity index (χ3v) is 5.78. The number of allylic oxidation sites excluding steroid dienone is 2. The molecule has 0 saturated heterocycles. The minimum absolute atomic E-state index is 0.744. The fourth-order valence-corrected chi connectivity index (χ4v) is 5.25. The van der Waals surface area contributed by atoms with Crippen molar-refractivity contribution in [2.24, 2.45) is 29.1 Å². The van der Waals surface area contributed by atoms with E-state index in [0.29, 0.717) is 0 Å². The standard InChI is InChI=1S/C13H16/c1-7-8(2)12-6-10-4-3-9-5-11(7)13(9,10)12/h9-12H,1-6H2. The Bertz CT molecular complexity index is 302. The van der Waals surface area contributed by atoms with Crippen molar-refractivity contribution in [3.8, 4) is 0 Å². The molecule has 68 valence electrons. The second-order valence-corrected chi connectivity index (χ2v) is 5.60. The van der Waals surface area contributed by atoms with Gasteiger partial charge in [-0.2, -0.15) is 0 Å². The molecular formula is C13H16. The van der Waals surface area contributed by atoms with Gasteiger partial charge in [-0.15, -0.1) is 0 Å². The van der Waals surface area contributed by atoms with E-state index >= 15 is 0 Å². The summed E-state index contributed by atoms with van der Waals surface area (Å²) in [6.45, 7) is 8.50. The van der Waals surface area contributed by atoms with Crippen LogP contribution in [-0.4, -0.2) is 0 Å². The number of rotatable bonds is 0. The maximum atomic E-state index is 4.25. The highest BCUT2D eigenvalue weighted by atomic mass is 14.8. The van der Waals surface area contributed by atoms with Crippen LogP contribution in [0.15, 0.2) is 24.3 Å². The molecule has 0 aromatic rings. The average Bonchev–Trinajstić information content (AvgIpc) is 2.29. The molecule has 0 heteroatoms. The van der Waals surface area contributed by atoms with Gasteiger partial charge in [0, 0.05) is 0 Å². The van der Waals surface area contributed by atoms with Gasteiger partial charge in [0.2, 0.25) is 0 Å². The van der Waals surface area contributed by atoms with Gasteiger partial charge in [0.15, 0.2) is 0 Å². The summed E-state index contributed by atoms with van der Waals surface area (Å²) in [7, 11) is 0. The van der Waals surface area contributed by atoms with Crippen LogP contribution in [0.4, 0.5) is 0 Å². The Morgan fingerprint density at radius 2 is 1.38 bits per heavy atom. The van der Waals surface area contributed by atoms with Crippen LogP contribution in [0.3, 0.4) is 0 Å². The predicted molar refractivity (Wildman–Crippen MR) is 53.1 cm³/mol. The van der Waals surface area contributed by atoms with Crippen molar-refractivity contribution in [1.82, 2.24) is 0 Å². The van der Waals surface area contributed by atoms with Crippen molar-refractivity contribution in [2.75, 3.05) is 0 Å². The van der Waals surface area contributed by atoms with Gasteiger partial charge < -0.3 is 0 Å². The van der Waals surface area contributed by atoms with Gasteiger partial charge in [0.05, 0.1) is 0 Å². The van der Waals surface area contributed by atoms with E-state index in [0.717, 1.165) is 29.1 Å². The second-order valence-electron chi connectivity index (χ2n) is 5.60. The van der Waals surface area contributed by atoms with Crippen molar-refractivity contribution in [3.63, 3.8) is 0 Å². The molecule has 1 spiro atoms. The Balaban J connectivity index is 1.91. The third-order valence-electron chi connectivity index (χ3n) is 5.78. The molecule has 4 rings (SSSR count). The smallest absolute Gasteiger partial charge is 0.00946 e. The van der Waals surface area contributed by atoms with Crippen molar-refractivity contribution in [3.05, 3.63) is 24.3 Å². The van der Waals surface area contributed by atoms with Gasteiger partial charge in [0.1, 0.15) is 0 Å². The van der Waals surface area contributed by atoms with Gasteiger partial charge in [-0.3, -0.25) is 0 Å². The molecule has 0 N–H and O–H groups in total. The first-order valence-electron chi connectivity index (χ1n) is 5.64. The zero-order valence-electron chi connectivity index (χ0n) is 8.05. The largest absolute Gasteiger partial charge is 0.0953 e. The average molecular weight is 172 g/mol. The highest BCUT2D eigenvalue weighted by molar-refractivity contribution is 5.48. The molecule has 0 heterocycles. The molecule has 13 heavy (non-hydrogen) atoms. The van der Waals surface area contributed by atoms with Crippen LogP contribution in [0.1, 0.15) is 25.7 Å². The fourth-order valence-electron chi connectivity index (χ4n) is 5.25. The van der Waals surface area contributed by atoms with Crippen molar-refractivity contribution in [2.45, 2.75) is 25.7 Å². The van der Waals surface area contributed by atoms with Crippen molar-refractivity contribution >= 4 is 0 Å². The van der Waals surface area contributed by atoms with Crippen LogP contribution < -0.4 is 0 Å². The highest BCUT2D eigenvalue weighted by Crippen LogP contribution is 2.82. The first-order chi connectivity index (χ1) is 6.26. The van der Waals surface area contributed by atoms with Crippen LogP contribution in [0.5, 0.6) is 0 Å². The van der Waals surface area contributed by atoms with E-state index in [9.17, 15) is 0 Å². The van der Waals surface area contributed by atoms with Crippen LogP contribution >= 0.6 is 0 Å². The summed E-state index contributed by atoms with van der Waals surface area (Å²) in [5.41, 5.74) is 3.62. The Kier molecular flexibility index (Phi) is 0.882. The Morgan fingerprint density at radius 1 is 0.923 bits per heavy atom. The first kappa shape index (κ1) is 6.86. The van der Waals surface area contributed by atoms with Crippen LogP contribution in [0.25, 0.3) is 0 Å². The minimum atomic E-state index is 0.744. The lowest BCUT2D eigenvalue weighted by molar-refractivity contribution is -0.132. The summed E-state index contributed by atoms with van der Waals surface area (Å²) < 4.78 is 0. The molecule has 4 atom stereocenters. The Hall–Kier alpha value is -0.520. The molecule has 4 aliphatic rings. The monoisotopic (exact) mass is 172 g/mol. The number of hydrogen-bond donors (Lipinski definition) is 0. The van der Waals surface area contributed by atoms with E-state index in [1.807, 2.05) is 0 Å². The van der Waals surface area contributed by atoms with E-state index in [1.165, 1.54) is 36.8 Å². The molecule has 0 radical (unpaired) electrons. The van der Waals surface area contributed by atoms with Crippen LogP contribution in [0, 0.1) is 29.1 Å². The third kappa shape index (κ3) is 0.439. The van der Waals surface area contributed by atoms with Gasteiger partial charge in [-0.25, -0.2) is 0 Å². The molecule has 0 bridgehead atoms. The van der Waals surface area contributed by atoms with E-state index in [1.54, 1.807) is 0 Å². The summed E-state index contributed by atoms with van der Waals surface area (Å²) in [5, 5.41) is 0. The van der Waals surface area contributed by atoms with Crippen molar-refractivity contribution < 1.29 is 0 Å². The highest BCUT2D eigenvalue weighted by Gasteiger charge is 2.75. The van der Waals surface area contributed by atoms with E-state index in [2.05, 4.69) is 13.2 Å². The Morgan fingerprint density at radius 3 is 1.85 bits per heavy atom. The summed E-state index contributed by atoms with van der Waals surface area (Å²) in [4.78, 5) is 0. The SMILES string of the molecule is C=C1C(=C)C2CC3CCC4CC1C432. The van der Waals surface area contributed by atoms with Gasteiger partial charge in [-0.05, 0) is 65.9 Å². The molecule has 4 fully saturated rings. The first-order valence-corrected chi connectivity index (χ1v) is 5.64. The van der Waals surface area contributed by atoms with E-state index in [-0.39, 0.29) is 0 Å². The molecule has 0 amide bonds. The Labute approximate surface area is 79.7 Å². The van der Waals surface area contributed by atoms with Crippen LogP contribution in [-0.2, 0) is 0 Å². The minimum Gasteiger partial charge on any atom is -0.0953 e. The van der Waals surface area contributed by atoms with Crippen molar-refractivity contribution in [1.29, 1.82) is 0 Å². The normalized spacial score (nSPS) is 61.2. The fraction of sp³-hybridized carbons (Fsp3) is 0.692. The van der Waals surface area contributed by atoms with E-state index in [4.69, 9.17) is 0 Å². The van der Waals surface area contributed by atoms with Gasteiger partial charge >= 0.3 is 0 Å². The van der Waals surface area contributed by atoms with Gasteiger partial charge in [0.25, 0.3) is 0 Å². The molecule has 4 aliphatic carbocycles. The van der Waals surface area contributed by atoms with Gasteiger partial charge in [-0.1, -0.05) is 13.2 Å². The number of hydrogen-bond acceptors (Lipinski definition) is 0. The maximum Gasteiger partial charge on any atom is -0.00946 e. The lowest BCUT2D eigenvalue weighted by atomic mass is 9.42. The quantitative estimate of drug-likeness (QED) is 0.526.